The summed E-state index contributed by atoms with van der Waals surface area (Å²) in [5.74, 6) is 0.269. The molecule has 0 radical (unpaired) electrons. The lowest BCUT2D eigenvalue weighted by atomic mass is 9.95. The van der Waals surface area contributed by atoms with Crippen LogP contribution in [0.1, 0.15) is 12.0 Å². The van der Waals surface area contributed by atoms with Gasteiger partial charge in [0.05, 0.1) is 6.10 Å². The molecule has 1 fully saturated rings. The average molecular weight is 193 g/mol. The van der Waals surface area contributed by atoms with Gasteiger partial charge in [0.2, 0.25) is 0 Å². The molecule has 0 bridgehead atoms. The number of benzene rings is 1. The Morgan fingerprint density at radius 1 is 1.36 bits per heavy atom. The molecule has 3 nitrogen and oxygen atoms in total. The highest BCUT2D eigenvalue weighted by molar-refractivity contribution is 5.26. The van der Waals surface area contributed by atoms with Gasteiger partial charge in [0.1, 0.15) is 5.75 Å². The van der Waals surface area contributed by atoms with E-state index in [1.54, 1.807) is 12.1 Å². The third-order valence-electron chi connectivity index (χ3n) is 2.71. The summed E-state index contributed by atoms with van der Waals surface area (Å²) < 4.78 is 0. The van der Waals surface area contributed by atoms with Gasteiger partial charge in [-0.15, -0.1) is 0 Å². The third kappa shape index (κ3) is 2.05. The van der Waals surface area contributed by atoms with E-state index in [-0.39, 0.29) is 17.9 Å². The Balaban J connectivity index is 1.92. The van der Waals surface area contributed by atoms with E-state index < -0.39 is 0 Å². The minimum Gasteiger partial charge on any atom is -0.508 e. The van der Waals surface area contributed by atoms with Gasteiger partial charge < -0.3 is 15.5 Å². The molecule has 14 heavy (non-hydrogen) atoms. The van der Waals surface area contributed by atoms with Crippen LogP contribution in [0.4, 0.5) is 0 Å². The molecule has 0 spiro atoms. The van der Waals surface area contributed by atoms with Crippen LogP contribution >= 0.6 is 0 Å². The van der Waals surface area contributed by atoms with Crippen molar-refractivity contribution in [3.05, 3.63) is 29.8 Å². The van der Waals surface area contributed by atoms with Crippen LogP contribution in [0.3, 0.4) is 0 Å². The van der Waals surface area contributed by atoms with Crippen molar-refractivity contribution in [3.63, 3.8) is 0 Å². The van der Waals surface area contributed by atoms with Gasteiger partial charge in [0.15, 0.2) is 0 Å². The predicted octanol–water partition coefficient (Wildman–Crippen LogP) is 0.658. The number of nitrogens with one attached hydrogen (secondary N) is 1. The van der Waals surface area contributed by atoms with E-state index >= 15 is 0 Å². The molecule has 2 rings (SSSR count). The van der Waals surface area contributed by atoms with Crippen LogP contribution in [0.25, 0.3) is 0 Å². The fraction of sp³-hybridized carbons (Fsp3) is 0.455. The quantitative estimate of drug-likeness (QED) is 0.661. The van der Waals surface area contributed by atoms with Crippen molar-refractivity contribution in [2.75, 3.05) is 6.54 Å². The molecule has 0 saturated carbocycles. The SMILES string of the molecule is Oc1ccc(CC(O)C2CCN2)cc1. The van der Waals surface area contributed by atoms with Gasteiger partial charge in [-0.05, 0) is 37.1 Å². The second kappa shape index (κ2) is 3.98. The summed E-state index contributed by atoms with van der Waals surface area (Å²) in [6.45, 7) is 1.01. The largest absolute Gasteiger partial charge is 0.508 e. The number of phenolic OH excluding ortho intramolecular Hbond substituents is 1. The van der Waals surface area contributed by atoms with E-state index in [0.717, 1.165) is 18.5 Å². The molecule has 76 valence electrons. The van der Waals surface area contributed by atoms with Gasteiger partial charge in [0.25, 0.3) is 0 Å². The third-order valence-corrected chi connectivity index (χ3v) is 2.71. The monoisotopic (exact) mass is 193 g/mol. The first-order valence-electron chi connectivity index (χ1n) is 4.95. The van der Waals surface area contributed by atoms with Crippen molar-refractivity contribution in [1.82, 2.24) is 5.32 Å². The lowest BCUT2D eigenvalue weighted by molar-refractivity contribution is 0.0956. The van der Waals surface area contributed by atoms with Crippen molar-refractivity contribution in [2.24, 2.45) is 0 Å². The first-order chi connectivity index (χ1) is 6.75. The Labute approximate surface area is 83.4 Å². The first-order valence-corrected chi connectivity index (χ1v) is 4.95. The van der Waals surface area contributed by atoms with E-state index in [9.17, 15) is 5.11 Å². The maximum Gasteiger partial charge on any atom is 0.115 e. The van der Waals surface area contributed by atoms with Crippen molar-refractivity contribution in [3.8, 4) is 5.75 Å². The topological polar surface area (TPSA) is 52.5 Å². The van der Waals surface area contributed by atoms with Crippen LogP contribution in [0.5, 0.6) is 5.75 Å². The molecule has 0 aliphatic carbocycles. The summed E-state index contributed by atoms with van der Waals surface area (Å²) in [4.78, 5) is 0. The first kappa shape index (κ1) is 9.49. The zero-order valence-electron chi connectivity index (χ0n) is 7.98. The normalized spacial score (nSPS) is 22.8. The predicted molar refractivity (Wildman–Crippen MR) is 54.2 cm³/mol. The molecule has 1 aliphatic heterocycles. The van der Waals surface area contributed by atoms with Gasteiger partial charge in [-0.2, -0.15) is 0 Å². The van der Waals surface area contributed by atoms with Gasteiger partial charge in [-0.1, -0.05) is 12.1 Å². The van der Waals surface area contributed by atoms with Crippen LogP contribution in [0.2, 0.25) is 0 Å². The lowest BCUT2D eigenvalue weighted by Crippen LogP contribution is -2.51. The molecule has 2 unspecified atom stereocenters. The van der Waals surface area contributed by atoms with E-state index in [1.165, 1.54) is 0 Å². The van der Waals surface area contributed by atoms with Crippen LogP contribution in [0.15, 0.2) is 24.3 Å². The van der Waals surface area contributed by atoms with Gasteiger partial charge in [-0.3, -0.25) is 0 Å². The van der Waals surface area contributed by atoms with E-state index in [0.29, 0.717) is 6.42 Å². The van der Waals surface area contributed by atoms with Crippen molar-refractivity contribution in [2.45, 2.75) is 25.0 Å². The number of hydrogen-bond acceptors (Lipinski definition) is 3. The molecule has 1 aromatic rings. The smallest absolute Gasteiger partial charge is 0.115 e. The Kier molecular flexibility index (Phi) is 2.70. The zero-order valence-corrected chi connectivity index (χ0v) is 7.98. The minimum absolute atomic E-state index is 0.254. The summed E-state index contributed by atoms with van der Waals surface area (Å²) >= 11 is 0. The fourth-order valence-electron chi connectivity index (χ4n) is 1.66. The Morgan fingerprint density at radius 2 is 2.00 bits per heavy atom. The molecule has 0 aromatic heterocycles. The Hall–Kier alpha value is -1.06. The summed E-state index contributed by atoms with van der Waals surface area (Å²) in [5, 5.41) is 22.0. The fourth-order valence-corrected chi connectivity index (χ4v) is 1.66. The molecule has 1 aromatic carbocycles. The Bertz CT molecular complexity index is 293. The van der Waals surface area contributed by atoms with Crippen LogP contribution in [0, 0.1) is 0 Å². The molecule has 1 aliphatic rings. The molecular formula is C11H15NO2. The van der Waals surface area contributed by atoms with Crippen molar-refractivity contribution in [1.29, 1.82) is 0 Å². The number of aliphatic hydroxyl groups excluding tert-OH is 1. The molecule has 1 saturated heterocycles. The minimum atomic E-state index is -0.312. The van der Waals surface area contributed by atoms with Gasteiger partial charge >= 0.3 is 0 Å². The highest BCUT2D eigenvalue weighted by Crippen LogP contribution is 2.15. The summed E-state index contributed by atoms with van der Waals surface area (Å²) in [7, 11) is 0. The van der Waals surface area contributed by atoms with E-state index in [1.807, 2.05) is 12.1 Å². The maximum absolute atomic E-state index is 9.77. The molecule has 1 heterocycles. The highest BCUT2D eigenvalue weighted by Gasteiger charge is 2.24. The van der Waals surface area contributed by atoms with Crippen molar-refractivity contribution < 1.29 is 10.2 Å². The number of aromatic hydroxyl groups is 1. The van der Waals surface area contributed by atoms with Crippen LogP contribution in [-0.2, 0) is 6.42 Å². The van der Waals surface area contributed by atoms with Crippen molar-refractivity contribution >= 4 is 0 Å². The van der Waals surface area contributed by atoms with Gasteiger partial charge in [0, 0.05) is 6.04 Å². The molecule has 3 N–H and O–H groups in total. The number of rotatable bonds is 3. The second-order valence-electron chi connectivity index (χ2n) is 3.79. The highest BCUT2D eigenvalue weighted by atomic mass is 16.3. The molecule has 0 amide bonds. The summed E-state index contributed by atoms with van der Waals surface area (Å²) in [5.41, 5.74) is 1.06. The summed E-state index contributed by atoms with van der Waals surface area (Å²) in [6.07, 6.45) is 1.39. The average Bonchev–Trinajstić information content (AvgIpc) is 2.06. The van der Waals surface area contributed by atoms with Crippen LogP contribution < -0.4 is 5.32 Å². The summed E-state index contributed by atoms with van der Waals surface area (Å²) in [6, 6.07) is 7.24. The zero-order chi connectivity index (χ0) is 9.97. The van der Waals surface area contributed by atoms with E-state index in [2.05, 4.69) is 5.32 Å². The lowest BCUT2D eigenvalue weighted by Gasteiger charge is -2.32. The Morgan fingerprint density at radius 3 is 2.50 bits per heavy atom. The van der Waals surface area contributed by atoms with Crippen LogP contribution in [-0.4, -0.2) is 28.9 Å². The number of phenols is 1. The second-order valence-corrected chi connectivity index (χ2v) is 3.79. The standard InChI is InChI=1S/C11H15NO2/c13-9-3-1-8(2-4-9)7-11(14)10-5-6-12-10/h1-4,10-14H,5-7H2. The van der Waals surface area contributed by atoms with E-state index in [4.69, 9.17) is 5.11 Å². The molecular weight excluding hydrogens is 178 g/mol. The molecule has 2 atom stereocenters. The number of hydrogen-bond donors (Lipinski definition) is 3. The molecule has 3 heteroatoms. The van der Waals surface area contributed by atoms with Gasteiger partial charge in [-0.25, -0.2) is 0 Å². The number of aliphatic hydroxyl groups is 1. The maximum atomic E-state index is 9.77.